The van der Waals surface area contributed by atoms with E-state index in [0.717, 1.165) is 10.7 Å². The summed E-state index contributed by atoms with van der Waals surface area (Å²) in [5, 5.41) is 14.2. The number of aryl methyl sites for hydroxylation is 1. The number of allylic oxidation sites excluding steroid dienone is 1. The van der Waals surface area contributed by atoms with Crippen LogP contribution in [0.1, 0.15) is 5.69 Å². The Kier molecular flexibility index (Phi) is 5.45. The van der Waals surface area contributed by atoms with Gasteiger partial charge in [0, 0.05) is 18.0 Å². The van der Waals surface area contributed by atoms with Crippen LogP contribution in [0.15, 0.2) is 58.7 Å². The monoisotopic (exact) mass is 456 g/mol. The predicted octanol–water partition coefficient (Wildman–Crippen LogP) is 4.27. The first-order valence-electron chi connectivity index (χ1n) is 8.85. The van der Waals surface area contributed by atoms with E-state index < -0.39 is 11.6 Å². The van der Waals surface area contributed by atoms with Gasteiger partial charge >= 0.3 is 6.03 Å². The lowest BCUT2D eigenvalue weighted by molar-refractivity contribution is 0.248. The van der Waals surface area contributed by atoms with Crippen LogP contribution in [0.5, 0.6) is 11.6 Å². The van der Waals surface area contributed by atoms with Crippen molar-refractivity contribution in [1.29, 1.82) is 0 Å². The van der Waals surface area contributed by atoms with E-state index in [-0.39, 0.29) is 21.7 Å². The third kappa shape index (κ3) is 4.27. The molecule has 2 amide bonds. The van der Waals surface area contributed by atoms with Crippen LogP contribution in [-0.2, 0) is 0 Å². The van der Waals surface area contributed by atoms with Crippen molar-refractivity contribution in [2.24, 2.45) is 5.10 Å². The van der Waals surface area contributed by atoms with Gasteiger partial charge in [0.15, 0.2) is 5.75 Å². The fourth-order valence-electron chi connectivity index (χ4n) is 2.84. The number of aromatic nitrogens is 3. The second-order valence-corrected chi connectivity index (χ2v) is 7.30. The van der Waals surface area contributed by atoms with Crippen LogP contribution >= 0.6 is 23.2 Å². The van der Waals surface area contributed by atoms with Crippen LogP contribution in [0.3, 0.4) is 0 Å². The molecule has 0 unspecified atom stereocenters. The van der Waals surface area contributed by atoms with Gasteiger partial charge in [-0.05, 0) is 36.8 Å². The van der Waals surface area contributed by atoms with Gasteiger partial charge < -0.3 is 10.1 Å². The van der Waals surface area contributed by atoms with Crippen LogP contribution in [-0.4, -0.2) is 27.4 Å². The zero-order chi connectivity index (χ0) is 22.1. The third-order valence-corrected chi connectivity index (χ3v) is 4.76. The molecule has 0 saturated carbocycles. The highest BCUT2D eigenvalue weighted by atomic mass is 35.5. The number of pyridine rings is 1. The Balaban J connectivity index is 1.73. The van der Waals surface area contributed by atoms with Crippen molar-refractivity contribution in [2.45, 2.75) is 6.92 Å². The van der Waals surface area contributed by atoms with E-state index in [1.165, 1.54) is 24.4 Å². The number of amides is 2. The lowest BCUT2D eigenvalue weighted by Crippen LogP contribution is -2.40. The Labute approximate surface area is 186 Å². The van der Waals surface area contributed by atoms with Crippen LogP contribution in [0.25, 0.3) is 11.1 Å². The maximum Gasteiger partial charge on any atom is 0.347 e. The lowest BCUT2D eigenvalue weighted by atomic mass is 10.1. The van der Waals surface area contributed by atoms with Crippen LogP contribution in [0, 0.1) is 6.92 Å². The number of urea groups is 1. The van der Waals surface area contributed by atoms with E-state index in [2.05, 4.69) is 32.2 Å². The van der Waals surface area contributed by atoms with Gasteiger partial charge in [-0.15, -0.1) is 5.10 Å². The first-order chi connectivity index (χ1) is 14.8. The van der Waals surface area contributed by atoms with E-state index in [0.29, 0.717) is 22.5 Å². The van der Waals surface area contributed by atoms with Crippen molar-refractivity contribution >= 4 is 41.1 Å². The van der Waals surface area contributed by atoms with Crippen molar-refractivity contribution in [3.8, 4) is 22.8 Å². The summed E-state index contributed by atoms with van der Waals surface area (Å²) in [5.74, 6) is 0.191. The zero-order valence-electron chi connectivity index (χ0n) is 16.0. The molecule has 1 aromatic carbocycles. The molecule has 156 valence electrons. The van der Waals surface area contributed by atoms with Gasteiger partial charge in [0.25, 0.3) is 5.56 Å². The van der Waals surface area contributed by atoms with E-state index in [1.54, 1.807) is 18.3 Å². The third-order valence-electron chi connectivity index (χ3n) is 4.20. The molecule has 0 aliphatic carbocycles. The van der Waals surface area contributed by atoms with Crippen LogP contribution in [0.4, 0.5) is 10.5 Å². The second kappa shape index (κ2) is 8.21. The Morgan fingerprint density at radius 2 is 1.87 bits per heavy atom. The first-order valence-corrected chi connectivity index (χ1v) is 9.61. The summed E-state index contributed by atoms with van der Waals surface area (Å²) in [7, 11) is 0. The number of nitrogens with zero attached hydrogens (tertiary/aromatic N) is 4. The highest BCUT2D eigenvalue weighted by Gasteiger charge is 2.23. The minimum atomic E-state index is -0.508. The van der Waals surface area contributed by atoms with Crippen molar-refractivity contribution in [2.75, 3.05) is 5.01 Å². The molecular formula is C20H14Cl2N6O3. The Bertz CT molecular complexity index is 1280. The van der Waals surface area contributed by atoms with Gasteiger partial charge in [-0.2, -0.15) is 10.1 Å². The Morgan fingerprint density at radius 1 is 1.13 bits per heavy atom. The molecule has 0 bridgehead atoms. The number of H-pyrrole nitrogens is 1. The van der Waals surface area contributed by atoms with Gasteiger partial charge in [0.05, 0.1) is 33.2 Å². The van der Waals surface area contributed by atoms with Gasteiger partial charge in [0.1, 0.15) is 0 Å². The molecule has 2 N–H and O–H groups in total. The standard InChI is InChI=1S/C20H14Cl2N6O3/c1-10-5-12(3-4-23-10)14-8-17(29)26-27-19(14)31-18-15(21)6-13(7-16(18)22)28-20(30)25-11(2)9-24-28/h3-9H,2H2,1H3,(H,25,30)(H,26,29). The molecule has 11 heteroatoms. The molecular weight excluding hydrogens is 443 g/mol. The number of ether oxygens (including phenoxy) is 1. The number of hydrazone groups is 1. The number of carbonyl (C=O) groups is 1. The average Bonchev–Trinajstić information content (AvgIpc) is 2.71. The van der Waals surface area contributed by atoms with Gasteiger partial charge in [-0.1, -0.05) is 29.8 Å². The predicted molar refractivity (Wildman–Crippen MR) is 118 cm³/mol. The number of halogens is 2. The molecule has 0 radical (unpaired) electrons. The molecule has 3 heterocycles. The fourth-order valence-corrected chi connectivity index (χ4v) is 3.39. The number of carbonyl (C=O) groups excluding carboxylic acids is 1. The summed E-state index contributed by atoms with van der Waals surface area (Å²) < 4.78 is 5.87. The van der Waals surface area contributed by atoms with Crippen molar-refractivity contribution in [3.63, 3.8) is 0 Å². The lowest BCUT2D eigenvalue weighted by Gasteiger charge is -2.22. The zero-order valence-corrected chi connectivity index (χ0v) is 17.5. The highest BCUT2D eigenvalue weighted by molar-refractivity contribution is 6.37. The normalized spacial score (nSPS) is 13.3. The number of anilines is 1. The van der Waals surface area contributed by atoms with E-state index in [9.17, 15) is 9.59 Å². The molecule has 9 nitrogen and oxygen atoms in total. The summed E-state index contributed by atoms with van der Waals surface area (Å²) in [6, 6.07) is 7.30. The highest BCUT2D eigenvalue weighted by Crippen LogP contribution is 2.41. The van der Waals surface area contributed by atoms with Crippen molar-refractivity contribution in [3.05, 3.63) is 74.9 Å². The second-order valence-electron chi connectivity index (χ2n) is 6.49. The number of nitrogens with one attached hydrogen (secondary N) is 2. The first kappa shape index (κ1) is 20.6. The molecule has 0 saturated heterocycles. The van der Waals surface area contributed by atoms with E-state index in [4.69, 9.17) is 27.9 Å². The number of benzene rings is 1. The molecule has 4 rings (SSSR count). The van der Waals surface area contributed by atoms with Crippen molar-refractivity contribution < 1.29 is 9.53 Å². The SMILES string of the molecule is C=C1C=NN(c2cc(Cl)c(Oc3n[nH]c(=O)cc3-c3ccnc(C)c3)c(Cl)c2)C(=O)N1. The van der Waals surface area contributed by atoms with Gasteiger partial charge in [0.2, 0.25) is 5.88 Å². The van der Waals surface area contributed by atoms with Gasteiger partial charge in [-0.3, -0.25) is 9.78 Å². The number of rotatable bonds is 4. The molecule has 3 aromatic rings. The molecule has 0 spiro atoms. The minimum absolute atomic E-state index is 0.0896. The Morgan fingerprint density at radius 3 is 2.55 bits per heavy atom. The molecule has 2 aromatic heterocycles. The average molecular weight is 457 g/mol. The molecule has 1 aliphatic rings. The summed E-state index contributed by atoms with van der Waals surface area (Å²) >= 11 is 12.8. The smallest absolute Gasteiger partial charge is 0.347 e. The summed E-state index contributed by atoms with van der Waals surface area (Å²) in [4.78, 5) is 28.1. The molecule has 31 heavy (non-hydrogen) atoms. The van der Waals surface area contributed by atoms with Gasteiger partial charge in [-0.25, -0.2) is 9.89 Å². The van der Waals surface area contributed by atoms with Crippen LogP contribution in [0.2, 0.25) is 10.0 Å². The number of hydrogen-bond acceptors (Lipinski definition) is 6. The fraction of sp³-hybridized carbons (Fsp3) is 0.0500. The topological polar surface area (TPSA) is 113 Å². The van der Waals surface area contributed by atoms with Crippen LogP contribution < -0.4 is 20.6 Å². The minimum Gasteiger partial charge on any atom is -0.434 e. The summed E-state index contributed by atoms with van der Waals surface area (Å²) in [5.41, 5.74) is 2.16. The largest absolute Gasteiger partial charge is 0.434 e. The van der Waals surface area contributed by atoms with Crippen molar-refractivity contribution in [1.82, 2.24) is 20.5 Å². The number of aromatic amines is 1. The van der Waals surface area contributed by atoms with E-state index >= 15 is 0 Å². The quantitative estimate of drug-likeness (QED) is 0.608. The summed E-state index contributed by atoms with van der Waals surface area (Å²) in [6.07, 6.45) is 3.00. The Hall–Kier alpha value is -3.69. The summed E-state index contributed by atoms with van der Waals surface area (Å²) in [6.45, 7) is 5.44. The molecule has 0 fully saturated rings. The molecule has 0 atom stereocenters. The number of hydrogen-bond donors (Lipinski definition) is 2. The maximum atomic E-state index is 12.1. The maximum absolute atomic E-state index is 12.1. The molecule has 1 aliphatic heterocycles. The van der Waals surface area contributed by atoms with E-state index in [1.807, 2.05) is 6.92 Å².